The Morgan fingerprint density at radius 1 is 1.50 bits per heavy atom. The lowest BCUT2D eigenvalue weighted by Crippen LogP contribution is -2.22. The normalized spacial score (nSPS) is 19.9. The summed E-state index contributed by atoms with van der Waals surface area (Å²) in [5.74, 6) is 0.450. The van der Waals surface area contributed by atoms with Crippen LogP contribution in [0.5, 0.6) is 0 Å². The van der Waals surface area contributed by atoms with Crippen LogP contribution in [0, 0.1) is 0 Å². The van der Waals surface area contributed by atoms with Gasteiger partial charge >= 0.3 is 0 Å². The number of hydrogen-bond donors (Lipinski definition) is 1. The fraction of sp³-hybridized carbons (Fsp3) is 0.833. The minimum Gasteiger partial charge on any atom is -0.381 e. The quantitative estimate of drug-likeness (QED) is 0.777. The predicted molar refractivity (Wildman–Crippen MR) is 69.5 cm³/mol. The zero-order valence-electron chi connectivity index (χ0n) is 11.5. The highest BCUT2D eigenvalue weighted by atomic mass is 16.5. The van der Waals surface area contributed by atoms with E-state index in [1.165, 1.54) is 5.69 Å². The number of aromatic nitrogens is 3. The molecule has 18 heavy (non-hydrogen) atoms. The van der Waals surface area contributed by atoms with Gasteiger partial charge in [-0.25, -0.2) is 4.68 Å². The van der Waals surface area contributed by atoms with Gasteiger partial charge in [0.2, 0.25) is 0 Å². The molecule has 0 saturated carbocycles. The predicted octanol–water partition coefficient (Wildman–Crippen LogP) is 0.0630. The average Bonchev–Trinajstić information content (AvgIpc) is 2.95. The summed E-state index contributed by atoms with van der Waals surface area (Å²) in [5, 5.41) is 11.8. The van der Waals surface area contributed by atoms with Crippen molar-refractivity contribution in [2.45, 2.75) is 25.4 Å². The second-order valence-electron chi connectivity index (χ2n) is 5.04. The molecule has 1 fully saturated rings. The third-order valence-corrected chi connectivity index (χ3v) is 3.27. The Labute approximate surface area is 108 Å². The van der Waals surface area contributed by atoms with Crippen molar-refractivity contribution in [2.24, 2.45) is 0 Å². The van der Waals surface area contributed by atoms with E-state index in [-0.39, 0.29) is 0 Å². The number of nitrogens with zero attached hydrogens (tertiary/aromatic N) is 4. The van der Waals surface area contributed by atoms with Crippen molar-refractivity contribution in [3.63, 3.8) is 0 Å². The number of ether oxygens (including phenoxy) is 1. The van der Waals surface area contributed by atoms with Crippen molar-refractivity contribution >= 4 is 0 Å². The molecule has 102 valence electrons. The summed E-state index contributed by atoms with van der Waals surface area (Å²) in [6, 6.07) is 0. The molecule has 0 radical (unpaired) electrons. The summed E-state index contributed by atoms with van der Waals surface area (Å²) >= 11 is 0. The second kappa shape index (κ2) is 6.26. The van der Waals surface area contributed by atoms with Crippen LogP contribution in [0.1, 0.15) is 23.7 Å². The molecule has 0 aliphatic carbocycles. The Hall–Kier alpha value is -0.980. The summed E-state index contributed by atoms with van der Waals surface area (Å²) in [5.41, 5.74) is 2.32. The molecule has 0 amide bonds. The van der Waals surface area contributed by atoms with E-state index in [9.17, 15) is 0 Å². The van der Waals surface area contributed by atoms with E-state index in [0.29, 0.717) is 5.92 Å². The van der Waals surface area contributed by atoms with Crippen LogP contribution < -0.4 is 5.32 Å². The van der Waals surface area contributed by atoms with Gasteiger partial charge in [-0.3, -0.25) is 0 Å². The fourth-order valence-corrected chi connectivity index (χ4v) is 2.31. The number of nitrogens with one attached hydrogen (secondary N) is 1. The lowest BCUT2D eigenvalue weighted by molar-refractivity contribution is 0.192. The van der Waals surface area contributed by atoms with Crippen molar-refractivity contribution in [1.82, 2.24) is 25.2 Å². The van der Waals surface area contributed by atoms with Gasteiger partial charge in [0, 0.05) is 25.6 Å². The van der Waals surface area contributed by atoms with E-state index in [2.05, 4.69) is 34.6 Å². The molecule has 1 atom stereocenters. The van der Waals surface area contributed by atoms with Crippen LogP contribution in [0.3, 0.4) is 0 Å². The Morgan fingerprint density at radius 2 is 2.33 bits per heavy atom. The maximum absolute atomic E-state index is 5.49. The fourth-order valence-electron chi connectivity index (χ4n) is 2.31. The summed E-state index contributed by atoms with van der Waals surface area (Å²) < 4.78 is 7.54. The average molecular weight is 253 g/mol. The van der Waals surface area contributed by atoms with Gasteiger partial charge < -0.3 is 15.0 Å². The molecular formula is C12H23N5O. The highest BCUT2D eigenvalue weighted by Gasteiger charge is 2.25. The molecule has 2 heterocycles. The molecule has 1 aliphatic rings. The van der Waals surface area contributed by atoms with Gasteiger partial charge in [0.25, 0.3) is 0 Å². The summed E-state index contributed by atoms with van der Waals surface area (Å²) in [4.78, 5) is 2.16. The van der Waals surface area contributed by atoms with Crippen LogP contribution in [0.2, 0.25) is 0 Å². The van der Waals surface area contributed by atoms with Crippen LogP contribution in [0.4, 0.5) is 0 Å². The van der Waals surface area contributed by atoms with Crippen molar-refractivity contribution in [3.05, 3.63) is 11.4 Å². The Morgan fingerprint density at radius 3 is 2.94 bits per heavy atom. The van der Waals surface area contributed by atoms with Crippen LogP contribution in [0.25, 0.3) is 0 Å². The topological polar surface area (TPSA) is 55.2 Å². The number of hydrogen-bond acceptors (Lipinski definition) is 5. The van der Waals surface area contributed by atoms with E-state index >= 15 is 0 Å². The Bertz CT molecular complexity index is 371. The molecule has 1 aromatic rings. The van der Waals surface area contributed by atoms with Crippen molar-refractivity contribution in [1.29, 1.82) is 0 Å². The molecular weight excluding hydrogens is 230 g/mol. The summed E-state index contributed by atoms with van der Waals surface area (Å²) in [6.07, 6.45) is 1.08. The van der Waals surface area contributed by atoms with Gasteiger partial charge in [-0.1, -0.05) is 5.21 Å². The molecule has 0 spiro atoms. The lowest BCUT2D eigenvalue weighted by atomic mass is 10.0. The molecule has 6 heteroatoms. The third kappa shape index (κ3) is 3.07. The highest BCUT2D eigenvalue weighted by Crippen LogP contribution is 2.27. The first-order valence-corrected chi connectivity index (χ1v) is 6.51. The van der Waals surface area contributed by atoms with E-state index < -0.39 is 0 Å². The second-order valence-corrected chi connectivity index (χ2v) is 5.04. The van der Waals surface area contributed by atoms with E-state index in [1.54, 1.807) is 0 Å². The first-order chi connectivity index (χ1) is 8.72. The Balaban J connectivity index is 2.16. The minimum atomic E-state index is 0.450. The first kappa shape index (κ1) is 13.5. The minimum absolute atomic E-state index is 0.450. The van der Waals surface area contributed by atoms with Gasteiger partial charge in [0.05, 0.1) is 18.8 Å². The maximum Gasteiger partial charge on any atom is 0.100 e. The molecule has 0 aromatic carbocycles. The summed E-state index contributed by atoms with van der Waals surface area (Å²) in [7, 11) is 6.08. The van der Waals surface area contributed by atoms with Crippen molar-refractivity contribution < 1.29 is 4.74 Å². The van der Waals surface area contributed by atoms with Crippen LogP contribution >= 0.6 is 0 Å². The summed E-state index contributed by atoms with van der Waals surface area (Å²) in [6.45, 7) is 4.28. The first-order valence-electron chi connectivity index (χ1n) is 6.51. The van der Waals surface area contributed by atoms with Crippen LogP contribution in [-0.4, -0.2) is 60.8 Å². The molecule has 1 saturated heterocycles. The number of likely N-dealkylation sites (N-methyl/N-ethyl adjacent to an activating group) is 1. The van der Waals surface area contributed by atoms with Crippen LogP contribution in [0.15, 0.2) is 0 Å². The SMILES string of the molecule is CNCc1nnn(CCN(C)C)c1C1CCOC1. The largest absolute Gasteiger partial charge is 0.381 e. The van der Waals surface area contributed by atoms with Gasteiger partial charge in [0.15, 0.2) is 0 Å². The van der Waals surface area contributed by atoms with Crippen molar-refractivity contribution in [3.8, 4) is 0 Å². The zero-order chi connectivity index (χ0) is 13.0. The van der Waals surface area contributed by atoms with E-state index in [1.807, 2.05) is 11.7 Å². The molecule has 1 aliphatic heterocycles. The van der Waals surface area contributed by atoms with Gasteiger partial charge in [-0.15, -0.1) is 5.10 Å². The highest BCUT2D eigenvalue weighted by molar-refractivity contribution is 5.17. The van der Waals surface area contributed by atoms with E-state index in [0.717, 1.165) is 45.0 Å². The van der Waals surface area contributed by atoms with E-state index in [4.69, 9.17) is 4.74 Å². The Kier molecular flexibility index (Phi) is 4.68. The molecule has 2 rings (SSSR count). The zero-order valence-corrected chi connectivity index (χ0v) is 11.5. The lowest BCUT2D eigenvalue weighted by Gasteiger charge is -2.15. The standard InChI is InChI=1S/C12H23N5O/c1-13-8-11-12(10-4-7-18-9-10)17(15-14-11)6-5-16(2)3/h10,13H,4-9H2,1-3H3. The molecule has 1 N–H and O–H groups in total. The monoisotopic (exact) mass is 253 g/mol. The van der Waals surface area contributed by atoms with Gasteiger partial charge in [0.1, 0.15) is 5.69 Å². The third-order valence-electron chi connectivity index (χ3n) is 3.27. The molecule has 6 nitrogen and oxygen atoms in total. The van der Waals surface area contributed by atoms with Gasteiger partial charge in [-0.2, -0.15) is 0 Å². The smallest absolute Gasteiger partial charge is 0.100 e. The van der Waals surface area contributed by atoms with Gasteiger partial charge in [-0.05, 0) is 27.6 Å². The molecule has 1 aromatic heterocycles. The molecule has 1 unspecified atom stereocenters. The molecule has 0 bridgehead atoms. The van der Waals surface area contributed by atoms with Crippen LogP contribution in [-0.2, 0) is 17.8 Å². The van der Waals surface area contributed by atoms with Crippen molar-refractivity contribution in [2.75, 3.05) is 40.9 Å². The number of rotatable bonds is 6. The maximum atomic E-state index is 5.49.